The minimum atomic E-state index is -1.30. The van der Waals surface area contributed by atoms with E-state index in [1.165, 1.54) is 13.0 Å². The van der Waals surface area contributed by atoms with Crippen LogP contribution in [0, 0.1) is 5.92 Å². The first-order valence-corrected chi connectivity index (χ1v) is 7.41. The summed E-state index contributed by atoms with van der Waals surface area (Å²) in [5.74, 6) is -1.10. The summed E-state index contributed by atoms with van der Waals surface area (Å²) >= 11 is 24.2. The lowest BCUT2D eigenvalue weighted by atomic mass is 9.87. The van der Waals surface area contributed by atoms with Crippen molar-refractivity contribution < 1.29 is 9.90 Å². The van der Waals surface area contributed by atoms with Crippen molar-refractivity contribution in [1.82, 2.24) is 0 Å². The van der Waals surface area contributed by atoms with E-state index in [0.717, 1.165) is 0 Å². The molecule has 0 spiro atoms. The average Bonchev–Trinajstić information content (AvgIpc) is 2.31. The molecule has 7 heteroatoms. The SMILES string of the molecule is CC(Cc1c(Cl)c(Cl)cc(Cl)c1Cl)CC(C)(N)C(=O)O. The van der Waals surface area contributed by atoms with Gasteiger partial charge in [0.15, 0.2) is 0 Å². The van der Waals surface area contributed by atoms with E-state index in [4.69, 9.17) is 57.2 Å². The fourth-order valence-corrected chi connectivity index (χ4v) is 3.04. The predicted octanol–water partition coefficient (Wildman–Crippen LogP) is 4.67. The molecule has 3 N–H and O–H groups in total. The van der Waals surface area contributed by atoms with E-state index in [0.29, 0.717) is 32.1 Å². The molecule has 1 aromatic rings. The monoisotopic (exact) mass is 357 g/mol. The normalized spacial score (nSPS) is 15.8. The first-order chi connectivity index (χ1) is 9.06. The number of carbonyl (C=O) groups is 1. The van der Waals surface area contributed by atoms with Crippen molar-refractivity contribution >= 4 is 52.4 Å². The van der Waals surface area contributed by atoms with Gasteiger partial charge in [-0.25, -0.2) is 0 Å². The van der Waals surface area contributed by atoms with E-state index >= 15 is 0 Å². The lowest BCUT2D eigenvalue weighted by Gasteiger charge is -2.24. The smallest absolute Gasteiger partial charge is 0.323 e. The molecular weight excluding hydrogens is 344 g/mol. The van der Waals surface area contributed by atoms with E-state index in [9.17, 15) is 4.79 Å². The zero-order valence-electron chi connectivity index (χ0n) is 11.0. The van der Waals surface area contributed by atoms with Gasteiger partial charge in [-0.3, -0.25) is 4.79 Å². The Balaban J connectivity index is 2.97. The Kier molecular flexibility index (Phi) is 6.00. The largest absolute Gasteiger partial charge is 0.480 e. The zero-order valence-corrected chi connectivity index (χ0v) is 14.0. The van der Waals surface area contributed by atoms with Gasteiger partial charge in [0.2, 0.25) is 0 Å². The van der Waals surface area contributed by atoms with Crippen LogP contribution in [0.4, 0.5) is 0 Å². The van der Waals surface area contributed by atoms with Gasteiger partial charge in [-0.1, -0.05) is 53.3 Å². The van der Waals surface area contributed by atoms with Crippen LogP contribution >= 0.6 is 46.4 Å². The van der Waals surface area contributed by atoms with E-state index in [2.05, 4.69) is 0 Å². The van der Waals surface area contributed by atoms with E-state index in [1.54, 1.807) is 0 Å². The quantitative estimate of drug-likeness (QED) is 0.751. The van der Waals surface area contributed by atoms with Crippen molar-refractivity contribution in [3.05, 3.63) is 31.7 Å². The number of hydrogen-bond acceptors (Lipinski definition) is 2. The summed E-state index contributed by atoms with van der Waals surface area (Å²) in [5, 5.41) is 10.3. The maximum absolute atomic E-state index is 11.0. The first-order valence-electron chi connectivity index (χ1n) is 5.90. The van der Waals surface area contributed by atoms with Gasteiger partial charge in [0.05, 0.1) is 20.1 Å². The Morgan fingerprint density at radius 1 is 1.30 bits per heavy atom. The second-order valence-corrected chi connectivity index (χ2v) is 6.75. The van der Waals surface area contributed by atoms with Gasteiger partial charge in [0.1, 0.15) is 5.54 Å². The fourth-order valence-electron chi connectivity index (χ4n) is 2.03. The molecule has 0 saturated carbocycles. The van der Waals surface area contributed by atoms with Crippen LogP contribution in [-0.4, -0.2) is 16.6 Å². The van der Waals surface area contributed by atoms with Crippen molar-refractivity contribution in [3.8, 4) is 0 Å². The van der Waals surface area contributed by atoms with E-state index in [1.807, 2.05) is 6.92 Å². The van der Waals surface area contributed by atoms with Gasteiger partial charge in [-0.05, 0) is 37.3 Å². The summed E-state index contributed by atoms with van der Waals surface area (Å²) in [4.78, 5) is 11.0. The molecule has 0 fully saturated rings. The molecule has 2 unspecified atom stereocenters. The second kappa shape index (κ2) is 6.71. The topological polar surface area (TPSA) is 63.3 Å². The van der Waals surface area contributed by atoms with Crippen molar-refractivity contribution in [2.24, 2.45) is 11.7 Å². The molecule has 0 saturated heterocycles. The van der Waals surface area contributed by atoms with Gasteiger partial charge in [-0.15, -0.1) is 0 Å². The van der Waals surface area contributed by atoms with Gasteiger partial charge in [-0.2, -0.15) is 0 Å². The summed E-state index contributed by atoms with van der Waals surface area (Å²) in [6, 6.07) is 1.48. The first kappa shape index (κ1) is 17.9. The second-order valence-electron chi connectivity index (χ2n) is 5.18. The van der Waals surface area contributed by atoms with Crippen LogP contribution in [0.1, 0.15) is 25.8 Å². The van der Waals surface area contributed by atoms with Gasteiger partial charge in [0.25, 0.3) is 0 Å². The summed E-state index contributed by atoms with van der Waals surface area (Å²) in [6.45, 7) is 3.34. The average molecular weight is 359 g/mol. The maximum Gasteiger partial charge on any atom is 0.323 e. The number of halogens is 4. The molecule has 0 radical (unpaired) electrons. The number of benzene rings is 1. The Hall–Kier alpha value is -0.190. The van der Waals surface area contributed by atoms with Crippen LogP contribution in [0.5, 0.6) is 0 Å². The lowest BCUT2D eigenvalue weighted by Crippen LogP contribution is -2.46. The minimum Gasteiger partial charge on any atom is -0.480 e. The number of hydrogen-bond donors (Lipinski definition) is 2. The van der Waals surface area contributed by atoms with Crippen molar-refractivity contribution in [2.45, 2.75) is 32.2 Å². The van der Waals surface area contributed by atoms with Crippen molar-refractivity contribution in [3.63, 3.8) is 0 Å². The minimum absolute atomic E-state index is 0.0503. The third-order valence-electron chi connectivity index (χ3n) is 3.02. The summed E-state index contributed by atoms with van der Waals surface area (Å²) in [6.07, 6.45) is 0.719. The van der Waals surface area contributed by atoms with Crippen LogP contribution in [0.15, 0.2) is 6.07 Å². The number of carboxylic acids is 1. The molecule has 1 rings (SSSR count). The predicted molar refractivity (Wildman–Crippen MR) is 84.2 cm³/mol. The molecule has 20 heavy (non-hydrogen) atoms. The third kappa shape index (κ3) is 4.15. The van der Waals surface area contributed by atoms with E-state index in [-0.39, 0.29) is 12.3 Å². The van der Waals surface area contributed by atoms with Gasteiger partial charge < -0.3 is 10.8 Å². The molecule has 112 valence electrons. The highest BCUT2D eigenvalue weighted by atomic mass is 35.5. The Morgan fingerprint density at radius 3 is 2.15 bits per heavy atom. The molecule has 0 bridgehead atoms. The third-order valence-corrected chi connectivity index (χ3v) is 4.67. The molecule has 0 aliphatic rings. The molecule has 0 amide bonds. The van der Waals surface area contributed by atoms with Gasteiger partial charge in [0, 0.05) is 0 Å². The molecule has 0 aromatic heterocycles. The molecule has 1 aromatic carbocycles. The number of carboxylic acid groups (broad SMARTS) is 1. The summed E-state index contributed by atoms with van der Waals surface area (Å²) in [7, 11) is 0. The fraction of sp³-hybridized carbons (Fsp3) is 0.462. The summed E-state index contributed by atoms with van der Waals surface area (Å²) < 4.78 is 0. The highest BCUT2D eigenvalue weighted by Gasteiger charge is 2.30. The number of rotatable bonds is 5. The molecular formula is C13H15Cl4NO2. The van der Waals surface area contributed by atoms with Crippen LogP contribution in [0.25, 0.3) is 0 Å². The Bertz CT molecular complexity index is 505. The molecule has 3 nitrogen and oxygen atoms in total. The van der Waals surface area contributed by atoms with Crippen LogP contribution < -0.4 is 5.73 Å². The van der Waals surface area contributed by atoms with Crippen LogP contribution in [0.2, 0.25) is 20.1 Å². The van der Waals surface area contributed by atoms with Crippen LogP contribution in [-0.2, 0) is 11.2 Å². The maximum atomic E-state index is 11.0. The van der Waals surface area contributed by atoms with E-state index < -0.39 is 11.5 Å². The highest BCUT2D eigenvalue weighted by Crippen LogP contribution is 2.38. The standard InChI is InChI=1S/C13H15Cl4NO2/c1-6(5-13(2,18)12(19)20)3-7-10(16)8(14)4-9(15)11(7)17/h4,6H,3,5,18H2,1-2H3,(H,19,20). The Morgan fingerprint density at radius 2 is 1.75 bits per heavy atom. The van der Waals surface area contributed by atoms with Crippen LogP contribution in [0.3, 0.4) is 0 Å². The lowest BCUT2D eigenvalue weighted by molar-refractivity contribution is -0.143. The van der Waals surface area contributed by atoms with Crippen molar-refractivity contribution in [1.29, 1.82) is 0 Å². The zero-order chi connectivity index (χ0) is 15.7. The highest BCUT2D eigenvalue weighted by molar-refractivity contribution is 6.48. The van der Waals surface area contributed by atoms with Crippen molar-refractivity contribution in [2.75, 3.05) is 0 Å². The Labute approximate surface area is 137 Å². The number of nitrogens with two attached hydrogens (primary N) is 1. The molecule has 0 aliphatic carbocycles. The molecule has 0 heterocycles. The molecule has 0 aliphatic heterocycles. The van der Waals surface area contributed by atoms with Gasteiger partial charge >= 0.3 is 5.97 Å². The summed E-state index contributed by atoms with van der Waals surface area (Å²) in [5.41, 5.74) is 5.04. The molecule has 2 atom stereocenters. The number of aliphatic carboxylic acids is 1.